The van der Waals surface area contributed by atoms with E-state index in [2.05, 4.69) is 22.8 Å². The summed E-state index contributed by atoms with van der Waals surface area (Å²) in [4.78, 5) is 15.8. The van der Waals surface area contributed by atoms with Crippen molar-refractivity contribution < 1.29 is 13.9 Å². The van der Waals surface area contributed by atoms with E-state index < -0.39 is 5.60 Å². The van der Waals surface area contributed by atoms with E-state index in [-0.39, 0.29) is 11.7 Å². The number of halogens is 1. The molecule has 4 aromatic rings. The SMILES string of the molecule is Cc1c(C(=O)N2CCC3(CC2)OCc2c(F)cccc23)c2ccccc2n1Cc1ccccc1. The molecule has 1 aromatic heterocycles. The largest absolute Gasteiger partial charge is 0.365 e. The standard InChI is InChI=1S/C29H27FN2O2/c1-20-27(22-10-5-6-13-26(22)32(20)18-21-8-3-2-4-9-21)28(33)31-16-14-29(15-17-31)24-11-7-12-25(30)23(24)19-34-29/h2-13H,14-19H2,1H3. The van der Waals surface area contributed by atoms with Crippen molar-refractivity contribution in [1.29, 1.82) is 0 Å². The van der Waals surface area contributed by atoms with Crippen LogP contribution in [0.4, 0.5) is 4.39 Å². The summed E-state index contributed by atoms with van der Waals surface area (Å²) in [7, 11) is 0. The molecule has 1 fully saturated rings. The van der Waals surface area contributed by atoms with Gasteiger partial charge in [0.2, 0.25) is 0 Å². The lowest BCUT2D eigenvalue weighted by Crippen LogP contribution is -2.45. The lowest BCUT2D eigenvalue weighted by molar-refractivity contribution is -0.0743. The maximum absolute atomic E-state index is 14.3. The minimum Gasteiger partial charge on any atom is -0.365 e. The number of rotatable bonds is 3. The van der Waals surface area contributed by atoms with Crippen LogP contribution in [0.2, 0.25) is 0 Å². The Hall–Kier alpha value is -3.44. The average molecular weight is 455 g/mol. The van der Waals surface area contributed by atoms with Crippen molar-refractivity contribution in [1.82, 2.24) is 9.47 Å². The summed E-state index contributed by atoms with van der Waals surface area (Å²) in [5.41, 5.74) is 5.18. The lowest BCUT2D eigenvalue weighted by Gasteiger charge is -2.39. The summed E-state index contributed by atoms with van der Waals surface area (Å²) < 4.78 is 22.6. The van der Waals surface area contributed by atoms with Gasteiger partial charge >= 0.3 is 0 Å². The highest BCUT2D eigenvalue weighted by Crippen LogP contribution is 2.45. The van der Waals surface area contributed by atoms with Gasteiger partial charge in [0.15, 0.2) is 0 Å². The molecule has 2 aliphatic rings. The maximum atomic E-state index is 14.3. The van der Waals surface area contributed by atoms with E-state index in [0.717, 1.165) is 34.3 Å². The Kier molecular flexibility index (Phi) is 5.03. The van der Waals surface area contributed by atoms with Crippen molar-refractivity contribution in [3.05, 3.63) is 107 Å². The van der Waals surface area contributed by atoms with Crippen LogP contribution in [0, 0.1) is 12.7 Å². The van der Waals surface area contributed by atoms with Crippen LogP contribution in [0.3, 0.4) is 0 Å². The van der Waals surface area contributed by atoms with Crippen LogP contribution in [-0.4, -0.2) is 28.5 Å². The monoisotopic (exact) mass is 454 g/mol. The molecule has 172 valence electrons. The van der Waals surface area contributed by atoms with E-state index >= 15 is 0 Å². The number of likely N-dealkylation sites (tertiary alicyclic amines) is 1. The number of piperidine rings is 1. The second-order valence-corrected chi connectivity index (χ2v) is 9.39. The molecular formula is C29H27FN2O2. The van der Waals surface area contributed by atoms with E-state index in [1.54, 1.807) is 6.07 Å². The summed E-state index contributed by atoms with van der Waals surface area (Å²) in [6.07, 6.45) is 1.35. The summed E-state index contributed by atoms with van der Waals surface area (Å²) in [5, 5.41) is 0.991. The molecule has 0 atom stereocenters. The Bertz CT molecular complexity index is 1380. The number of fused-ring (bicyclic) bond motifs is 3. The quantitative estimate of drug-likeness (QED) is 0.392. The molecule has 2 aliphatic heterocycles. The van der Waals surface area contributed by atoms with Gasteiger partial charge in [-0.3, -0.25) is 4.79 Å². The molecule has 34 heavy (non-hydrogen) atoms. The van der Waals surface area contributed by atoms with E-state index in [1.165, 1.54) is 11.6 Å². The Morgan fingerprint density at radius 1 is 0.971 bits per heavy atom. The first-order chi connectivity index (χ1) is 16.6. The van der Waals surface area contributed by atoms with Crippen LogP contribution in [0.15, 0.2) is 72.8 Å². The molecule has 6 rings (SSSR count). The number of hydrogen-bond donors (Lipinski definition) is 0. The van der Waals surface area contributed by atoms with Gasteiger partial charge in [-0.1, -0.05) is 60.7 Å². The Labute approximate surface area is 198 Å². The molecule has 1 spiro atoms. The number of aromatic nitrogens is 1. The predicted molar refractivity (Wildman–Crippen MR) is 130 cm³/mol. The molecule has 5 heteroatoms. The topological polar surface area (TPSA) is 34.5 Å². The number of para-hydroxylation sites is 1. The van der Waals surface area contributed by atoms with Crippen LogP contribution in [0.5, 0.6) is 0 Å². The van der Waals surface area contributed by atoms with E-state index in [0.29, 0.717) is 38.1 Å². The fourth-order valence-corrected chi connectivity index (χ4v) is 5.73. The molecule has 0 saturated carbocycles. The molecule has 0 N–H and O–H groups in total. The molecule has 4 nitrogen and oxygen atoms in total. The van der Waals surface area contributed by atoms with Crippen molar-refractivity contribution in [2.45, 2.75) is 38.5 Å². The molecule has 1 saturated heterocycles. The summed E-state index contributed by atoms with van der Waals surface area (Å²) in [6, 6.07) is 23.7. The first kappa shape index (κ1) is 21.1. The summed E-state index contributed by atoms with van der Waals surface area (Å²) >= 11 is 0. The number of benzene rings is 3. The zero-order valence-electron chi connectivity index (χ0n) is 19.3. The van der Waals surface area contributed by atoms with E-state index in [9.17, 15) is 9.18 Å². The number of carbonyl (C=O) groups is 1. The predicted octanol–water partition coefficient (Wildman–Crippen LogP) is 5.80. The molecular weight excluding hydrogens is 427 g/mol. The van der Waals surface area contributed by atoms with Gasteiger partial charge in [-0.05, 0) is 43.0 Å². The maximum Gasteiger partial charge on any atom is 0.256 e. The van der Waals surface area contributed by atoms with Crippen LogP contribution >= 0.6 is 0 Å². The lowest BCUT2D eigenvalue weighted by atomic mass is 9.83. The average Bonchev–Trinajstić information content (AvgIpc) is 3.36. The van der Waals surface area contributed by atoms with Crippen molar-refractivity contribution >= 4 is 16.8 Å². The number of hydrogen-bond acceptors (Lipinski definition) is 2. The Morgan fingerprint density at radius 2 is 1.71 bits per heavy atom. The van der Waals surface area contributed by atoms with Gasteiger partial charge in [0.25, 0.3) is 5.91 Å². The zero-order chi connectivity index (χ0) is 23.3. The minimum atomic E-state index is -0.482. The smallest absolute Gasteiger partial charge is 0.256 e. The van der Waals surface area contributed by atoms with E-state index in [4.69, 9.17) is 4.74 Å². The molecule has 0 bridgehead atoms. The van der Waals surface area contributed by atoms with Crippen LogP contribution < -0.4 is 0 Å². The molecule has 0 radical (unpaired) electrons. The fraction of sp³-hybridized carbons (Fsp3) is 0.276. The van der Waals surface area contributed by atoms with Gasteiger partial charge in [0.05, 0.1) is 17.8 Å². The summed E-state index contributed by atoms with van der Waals surface area (Å²) in [5.74, 6) is -0.137. The molecule has 3 aromatic carbocycles. The number of carbonyl (C=O) groups excluding carboxylic acids is 1. The summed E-state index contributed by atoms with van der Waals surface area (Å²) in [6.45, 7) is 4.25. The van der Waals surface area contributed by atoms with Crippen LogP contribution in [0.25, 0.3) is 10.9 Å². The van der Waals surface area contributed by atoms with Crippen LogP contribution in [-0.2, 0) is 23.5 Å². The fourth-order valence-electron chi connectivity index (χ4n) is 5.73. The second kappa shape index (κ2) is 8.10. The highest BCUT2D eigenvalue weighted by molar-refractivity contribution is 6.08. The molecule has 0 aliphatic carbocycles. The highest BCUT2D eigenvalue weighted by Gasteiger charge is 2.44. The first-order valence-electron chi connectivity index (χ1n) is 11.9. The number of ether oxygens (including phenoxy) is 1. The zero-order valence-corrected chi connectivity index (χ0v) is 19.3. The van der Waals surface area contributed by atoms with Crippen LogP contribution in [0.1, 0.15) is 45.6 Å². The second-order valence-electron chi connectivity index (χ2n) is 9.39. The Morgan fingerprint density at radius 3 is 2.50 bits per heavy atom. The number of nitrogens with zero attached hydrogens (tertiary/aromatic N) is 2. The third kappa shape index (κ3) is 3.26. The van der Waals surface area contributed by atoms with E-state index in [1.807, 2.05) is 54.3 Å². The van der Waals surface area contributed by atoms with Crippen molar-refractivity contribution in [2.24, 2.45) is 0 Å². The minimum absolute atomic E-state index is 0.0628. The van der Waals surface area contributed by atoms with Crippen molar-refractivity contribution in [3.63, 3.8) is 0 Å². The van der Waals surface area contributed by atoms with Crippen molar-refractivity contribution in [2.75, 3.05) is 13.1 Å². The molecule has 1 amide bonds. The van der Waals surface area contributed by atoms with Gasteiger partial charge in [0, 0.05) is 41.8 Å². The third-order valence-electron chi connectivity index (χ3n) is 7.59. The van der Waals surface area contributed by atoms with Gasteiger partial charge in [-0.25, -0.2) is 4.39 Å². The van der Waals surface area contributed by atoms with Gasteiger partial charge < -0.3 is 14.2 Å². The molecule has 3 heterocycles. The first-order valence-corrected chi connectivity index (χ1v) is 11.9. The third-order valence-corrected chi connectivity index (χ3v) is 7.59. The molecule has 0 unspecified atom stereocenters. The van der Waals surface area contributed by atoms with Crippen molar-refractivity contribution in [3.8, 4) is 0 Å². The normalized spacial score (nSPS) is 16.8. The highest BCUT2D eigenvalue weighted by atomic mass is 19.1. The van der Waals surface area contributed by atoms with Gasteiger partial charge in [0.1, 0.15) is 5.82 Å². The number of amides is 1. The Balaban J connectivity index is 1.30. The van der Waals surface area contributed by atoms with Gasteiger partial charge in [-0.2, -0.15) is 0 Å². The van der Waals surface area contributed by atoms with Gasteiger partial charge in [-0.15, -0.1) is 0 Å².